The van der Waals surface area contributed by atoms with E-state index in [1.807, 2.05) is 0 Å². The van der Waals surface area contributed by atoms with Crippen molar-refractivity contribution in [1.29, 1.82) is 0 Å². The summed E-state index contributed by atoms with van der Waals surface area (Å²) in [5.74, 6) is 0.473. The quantitative estimate of drug-likeness (QED) is 0.555. The van der Waals surface area contributed by atoms with Gasteiger partial charge in [0.2, 0.25) is 0 Å². The SMILES string of the molecule is O=C[C@H]1C[C@H]2C[C@H]2N1C(=O)O. The lowest BCUT2D eigenvalue weighted by atomic mass is 10.2. The van der Waals surface area contributed by atoms with Crippen LogP contribution in [-0.2, 0) is 4.79 Å². The summed E-state index contributed by atoms with van der Waals surface area (Å²) in [7, 11) is 0. The van der Waals surface area contributed by atoms with E-state index in [1.54, 1.807) is 0 Å². The predicted octanol–water partition coefficient (Wildman–Crippen LogP) is 0.326. The van der Waals surface area contributed by atoms with E-state index in [1.165, 1.54) is 4.90 Å². The van der Waals surface area contributed by atoms with Crippen LogP contribution < -0.4 is 0 Å². The van der Waals surface area contributed by atoms with Crippen LogP contribution in [-0.4, -0.2) is 34.5 Å². The Balaban J connectivity index is 2.14. The summed E-state index contributed by atoms with van der Waals surface area (Å²) in [5.41, 5.74) is 0. The molecule has 0 aromatic heterocycles. The number of nitrogens with zero attached hydrogens (tertiary/aromatic N) is 1. The molecule has 1 N–H and O–H groups in total. The molecule has 0 aromatic carbocycles. The molecule has 11 heavy (non-hydrogen) atoms. The molecule has 2 aliphatic rings. The van der Waals surface area contributed by atoms with Gasteiger partial charge in [-0.1, -0.05) is 0 Å². The molecule has 60 valence electrons. The topological polar surface area (TPSA) is 57.6 Å². The summed E-state index contributed by atoms with van der Waals surface area (Å²) in [6.45, 7) is 0. The van der Waals surface area contributed by atoms with E-state index in [4.69, 9.17) is 5.11 Å². The van der Waals surface area contributed by atoms with Gasteiger partial charge in [-0.25, -0.2) is 4.79 Å². The maximum atomic E-state index is 10.6. The molecule has 4 heteroatoms. The minimum Gasteiger partial charge on any atom is -0.465 e. The van der Waals surface area contributed by atoms with Gasteiger partial charge in [0.25, 0.3) is 0 Å². The van der Waals surface area contributed by atoms with Gasteiger partial charge in [-0.2, -0.15) is 0 Å². The number of piperidine rings is 1. The third kappa shape index (κ3) is 0.818. The van der Waals surface area contributed by atoms with Crippen LogP contribution in [0.3, 0.4) is 0 Å². The van der Waals surface area contributed by atoms with Gasteiger partial charge in [0.1, 0.15) is 6.29 Å². The highest BCUT2D eigenvalue weighted by molar-refractivity contribution is 5.74. The minimum absolute atomic E-state index is 0.155. The highest BCUT2D eigenvalue weighted by Gasteiger charge is 2.54. The van der Waals surface area contributed by atoms with Gasteiger partial charge in [0, 0.05) is 6.04 Å². The minimum atomic E-state index is -0.952. The molecule has 1 saturated heterocycles. The van der Waals surface area contributed by atoms with Crippen LogP contribution in [0.4, 0.5) is 4.79 Å². The van der Waals surface area contributed by atoms with Crippen LogP contribution in [0, 0.1) is 5.92 Å². The van der Waals surface area contributed by atoms with Crippen molar-refractivity contribution in [1.82, 2.24) is 4.90 Å². The Bertz CT molecular complexity index is 216. The first-order valence-corrected chi connectivity index (χ1v) is 3.70. The van der Waals surface area contributed by atoms with Gasteiger partial charge in [-0.05, 0) is 18.8 Å². The standard InChI is InChI=1S/C7H9NO3/c9-3-5-1-4-2-6(4)8(5)7(10)11/h3-6H,1-2H2,(H,10,11)/t4-,5+,6+/m0/s1. The molecule has 1 aliphatic carbocycles. The third-order valence-corrected chi connectivity index (χ3v) is 2.52. The van der Waals surface area contributed by atoms with Crippen molar-refractivity contribution in [2.75, 3.05) is 0 Å². The summed E-state index contributed by atoms with van der Waals surface area (Å²) >= 11 is 0. The zero-order chi connectivity index (χ0) is 8.01. The van der Waals surface area contributed by atoms with E-state index in [0.29, 0.717) is 5.92 Å². The Morgan fingerprint density at radius 3 is 2.73 bits per heavy atom. The number of rotatable bonds is 1. The van der Waals surface area contributed by atoms with Crippen LogP contribution in [0.15, 0.2) is 0 Å². The van der Waals surface area contributed by atoms with E-state index in [9.17, 15) is 9.59 Å². The number of hydrogen-bond acceptors (Lipinski definition) is 2. The average molecular weight is 155 g/mol. The van der Waals surface area contributed by atoms with Crippen molar-refractivity contribution < 1.29 is 14.7 Å². The van der Waals surface area contributed by atoms with Crippen molar-refractivity contribution >= 4 is 12.4 Å². The first-order chi connectivity index (χ1) is 5.24. The smallest absolute Gasteiger partial charge is 0.408 e. The number of likely N-dealkylation sites (tertiary alicyclic amines) is 1. The molecule has 2 fully saturated rings. The summed E-state index contributed by atoms with van der Waals surface area (Å²) < 4.78 is 0. The highest BCUT2D eigenvalue weighted by atomic mass is 16.4. The highest BCUT2D eigenvalue weighted by Crippen LogP contribution is 2.47. The van der Waals surface area contributed by atoms with E-state index in [0.717, 1.165) is 19.1 Å². The number of aldehydes is 1. The second-order valence-electron chi connectivity index (χ2n) is 3.19. The van der Waals surface area contributed by atoms with Crippen molar-refractivity contribution in [3.05, 3.63) is 0 Å². The van der Waals surface area contributed by atoms with Gasteiger partial charge < -0.3 is 9.90 Å². The number of carboxylic acid groups (broad SMARTS) is 1. The van der Waals surface area contributed by atoms with E-state index in [2.05, 4.69) is 0 Å². The number of amides is 1. The van der Waals surface area contributed by atoms with Crippen LogP contribution in [0.25, 0.3) is 0 Å². The first kappa shape index (κ1) is 6.64. The van der Waals surface area contributed by atoms with E-state index < -0.39 is 6.09 Å². The Morgan fingerprint density at radius 1 is 1.55 bits per heavy atom. The van der Waals surface area contributed by atoms with E-state index in [-0.39, 0.29) is 12.1 Å². The van der Waals surface area contributed by atoms with E-state index >= 15 is 0 Å². The van der Waals surface area contributed by atoms with Crippen molar-refractivity contribution in [2.45, 2.75) is 24.9 Å². The molecule has 0 unspecified atom stereocenters. The van der Waals surface area contributed by atoms with Gasteiger partial charge in [0.15, 0.2) is 0 Å². The van der Waals surface area contributed by atoms with Crippen LogP contribution in [0.5, 0.6) is 0 Å². The maximum Gasteiger partial charge on any atom is 0.408 e. The Morgan fingerprint density at radius 2 is 2.27 bits per heavy atom. The van der Waals surface area contributed by atoms with Gasteiger partial charge in [-0.3, -0.25) is 4.90 Å². The van der Waals surface area contributed by atoms with Crippen LogP contribution >= 0.6 is 0 Å². The van der Waals surface area contributed by atoms with Gasteiger partial charge in [0.05, 0.1) is 6.04 Å². The van der Waals surface area contributed by atoms with Crippen molar-refractivity contribution in [3.8, 4) is 0 Å². The molecule has 0 radical (unpaired) electrons. The lowest BCUT2D eigenvalue weighted by molar-refractivity contribution is -0.111. The summed E-state index contributed by atoms with van der Waals surface area (Å²) in [4.78, 5) is 22.2. The van der Waals surface area contributed by atoms with Crippen molar-refractivity contribution in [3.63, 3.8) is 0 Å². The molecule has 1 saturated carbocycles. The molecule has 4 nitrogen and oxygen atoms in total. The zero-order valence-electron chi connectivity index (χ0n) is 5.93. The second kappa shape index (κ2) is 1.96. The Labute approximate surface area is 63.8 Å². The number of fused-ring (bicyclic) bond motifs is 1. The lowest BCUT2D eigenvalue weighted by Crippen LogP contribution is -2.38. The monoisotopic (exact) mass is 155 g/mol. The molecule has 1 amide bonds. The first-order valence-electron chi connectivity index (χ1n) is 3.70. The molecule has 0 bridgehead atoms. The van der Waals surface area contributed by atoms with Crippen LogP contribution in [0.2, 0.25) is 0 Å². The second-order valence-corrected chi connectivity index (χ2v) is 3.19. The number of carbonyl (C=O) groups excluding carboxylic acids is 1. The molecule has 1 aliphatic heterocycles. The van der Waals surface area contributed by atoms with Crippen LogP contribution in [0.1, 0.15) is 12.8 Å². The Hall–Kier alpha value is -1.06. The summed E-state index contributed by atoms with van der Waals surface area (Å²) in [6.07, 6.45) is 1.48. The fourth-order valence-corrected chi connectivity index (χ4v) is 1.90. The fourth-order valence-electron chi connectivity index (χ4n) is 1.90. The maximum absolute atomic E-state index is 10.6. The summed E-state index contributed by atoms with van der Waals surface area (Å²) in [6, 6.07) is -0.209. The molecule has 3 atom stereocenters. The molecule has 2 rings (SSSR count). The largest absolute Gasteiger partial charge is 0.465 e. The van der Waals surface area contributed by atoms with Gasteiger partial charge >= 0.3 is 6.09 Å². The molecular weight excluding hydrogens is 146 g/mol. The molecule has 0 aromatic rings. The molecule has 0 spiro atoms. The molecule has 1 heterocycles. The number of carbonyl (C=O) groups is 2. The fraction of sp³-hybridized carbons (Fsp3) is 0.714. The predicted molar refractivity (Wildman–Crippen MR) is 36.2 cm³/mol. The summed E-state index contributed by atoms with van der Waals surface area (Å²) in [5, 5.41) is 8.68. The Kier molecular flexibility index (Phi) is 1.19. The van der Waals surface area contributed by atoms with Crippen molar-refractivity contribution in [2.24, 2.45) is 5.92 Å². The molecular formula is C7H9NO3. The third-order valence-electron chi connectivity index (χ3n) is 2.52. The average Bonchev–Trinajstić information content (AvgIpc) is 2.61. The van der Waals surface area contributed by atoms with Gasteiger partial charge in [-0.15, -0.1) is 0 Å². The lowest BCUT2D eigenvalue weighted by Gasteiger charge is -2.18. The number of hydrogen-bond donors (Lipinski definition) is 1. The normalized spacial score (nSPS) is 40.0. The zero-order valence-corrected chi connectivity index (χ0v) is 5.93.